The molecule has 0 saturated heterocycles. The molecule has 0 aromatic carbocycles. The van der Waals surface area contributed by atoms with Gasteiger partial charge in [-0.1, -0.05) is 20.8 Å². The van der Waals surface area contributed by atoms with Gasteiger partial charge in [0.1, 0.15) is 5.82 Å². The van der Waals surface area contributed by atoms with Crippen molar-refractivity contribution in [3.8, 4) is 0 Å². The summed E-state index contributed by atoms with van der Waals surface area (Å²) in [5.41, 5.74) is 0.174. The Morgan fingerprint density at radius 2 is 2.00 bits per heavy atom. The molecule has 0 radical (unpaired) electrons. The predicted octanol–water partition coefficient (Wildman–Crippen LogP) is 3.75. The zero-order chi connectivity index (χ0) is 11.8. The molecule has 0 fully saturated rings. The first-order valence-corrected chi connectivity index (χ1v) is 7.30. The molecule has 16 heavy (non-hydrogen) atoms. The minimum atomic E-state index is 0.174. The molecule has 0 amide bonds. The summed E-state index contributed by atoms with van der Waals surface area (Å²) < 4.78 is 6.16. The van der Waals surface area contributed by atoms with E-state index in [4.69, 9.17) is 0 Å². The van der Waals surface area contributed by atoms with Crippen LogP contribution in [0.2, 0.25) is 0 Å². The normalized spacial score (nSPS) is 12.0. The fourth-order valence-corrected chi connectivity index (χ4v) is 3.94. The summed E-state index contributed by atoms with van der Waals surface area (Å²) in [7, 11) is 0. The van der Waals surface area contributed by atoms with Gasteiger partial charge >= 0.3 is 0 Å². The lowest BCUT2D eigenvalue weighted by molar-refractivity contribution is 0.602. The standard InChI is InChI=1S/C10H13N3S3/c1-6-12-9(16-13-6)15-8-11-5-7(14-8)10(2,3)4/h5H,1-4H3. The van der Waals surface area contributed by atoms with Crippen LogP contribution in [0, 0.1) is 6.92 Å². The van der Waals surface area contributed by atoms with E-state index in [1.807, 2.05) is 13.1 Å². The van der Waals surface area contributed by atoms with Crippen LogP contribution < -0.4 is 0 Å². The molecule has 0 aliphatic heterocycles. The maximum absolute atomic E-state index is 4.41. The Morgan fingerprint density at radius 3 is 2.50 bits per heavy atom. The number of hydrogen-bond acceptors (Lipinski definition) is 6. The number of hydrogen-bond donors (Lipinski definition) is 0. The average molecular weight is 271 g/mol. The van der Waals surface area contributed by atoms with E-state index in [-0.39, 0.29) is 5.41 Å². The van der Waals surface area contributed by atoms with E-state index in [1.165, 1.54) is 16.4 Å². The molecule has 2 aromatic rings. The fraction of sp³-hybridized carbons (Fsp3) is 0.500. The number of aryl methyl sites for hydroxylation is 1. The Labute approximate surface area is 108 Å². The van der Waals surface area contributed by atoms with Crippen molar-refractivity contribution in [1.82, 2.24) is 14.3 Å². The molecule has 2 heterocycles. The first-order chi connectivity index (χ1) is 7.45. The van der Waals surface area contributed by atoms with Crippen molar-refractivity contribution in [3.05, 3.63) is 16.9 Å². The highest BCUT2D eigenvalue weighted by atomic mass is 32.2. The van der Waals surface area contributed by atoms with Crippen LogP contribution in [-0.2, 0) is 5.41 Å². The zero-order valence-corrected chi connectivity index (χ0v) is 12.1. The van der Waals surface area contributed by atoms with Gasteiger partial charge in [-0.25, -0.2) is 9.97 Å². The minimum absolute atomic E-state index is 0.174. The molecule has 0 saturated carbocycles. The molecule has 6 heteroatoms. The molecular weight excluding hydrogens is 258 g/mol. The Bertz CT molecular complexity index is 481. The van der Waals surface area contributed by atoms with Crippen LogP contribution in [0.3, 0.4) is 0 Å². The third-order valence-corrected chi connectivity index (χ3v) is 5.25. The molecule has 0 aliphatic rings. The van der Waals surface area contributed by atoms with E-state index < -0.39 is 0 Å². The molecule has 0 bridgehead atoms. The number of aromatic nitrogens is 3. The topological polar surface area (TPSA) is 38.7 Å². The van der Waals surface area contributed by atoms with E-state index in [1.54, 1.807) is 23.1 Å². The maximum Gasteiger partial charge on any atom is 0.177 e. The van der Waals surface area contributed by atoms with Crippen LogP contribution in [-0.4, -0.2) is 14.3 Å². The van der Waals surface area contributed by atoms with Gasteiger partial charge in [0.15, 0.2) is 8.68 Å². The van der Waals surface area contributed by atoms with Gasteiger partial charge in [0.05, 0.1) is 0 Å². The van der Waals surface area contributed by atoms with Crippen molar-refractivity contribution in [1.29, 1.82) is 0 Å². The van der Waals surface area contributed by atoms with E-state index in [0.717, 1.165) is 14.5 Å². The quantitative estimate of drug-likeness (QED) is 0.834. The van der Waals surface area contributed by atoms with Gasteiger partial charge in [-0.2, -0.15) is 4.37 Å². The lowest BCUT2D eigenvalue weighted by atomic mass is 9.96. The van der Waals surface area contributed by atoms with E-state index in [9.17, 15) is 0 Å². The third kappa shape index (κ3) is 2.81. The van der Waals surface area contributed by atoms with Crippen molar-refractivity contribution >= 4 is 34.6 Å². The van der Waals surface area contributed by atoms with Gasteiger partial charge in [-0.3, -0.25) is 0 Å². The minimum Gasteiger partial charge on any atom is -0.237 e. The van der Waals surface area contributed by atoms with Crippen LogP contribution in [0.5, 0.6) is 0 Å². The van der Waals surface area contributed by atoms with Crippen molar-refractivity contribution in [2.24, 2.45) is 0 Å². The smallest absolute Gasteiger partial charge is 0.177 e. The van der Waals surface area contributed by atoms with Gasteiger partial charge in [-0.05, 0) is 35.6 Å². The fourth-order valence-electron chi connectivity index (χ4n) is 1.05. The summed E-state index contributed by atoms with van der Waals surface area (Å²) in [6, 6.07) is 0. The number of rotatable bonds is 2. The lowest BCUT2D eigenvalue weighted by Crippen LogP contribution is -2.07. The van der Waals surface area contributed by atoms with Crippen LogP contribution in [0.1, 0.15) is 31.5 Å². The zero-order valence-electron chi connectivity index (χ0n) is 9.64. The molecule has 86 valence electrons. The molecule has 0 spiro atoms. The summed E-state index contributed by atoms with van der Waals surface area (Å²) >= 11 is 4.76. The van der Waals surface area contributed by atoms with E-state index in [2.05, 4.69) is 35.1 Å². The Balaban J connectivity index is 2.14. The highest BCUT2D eigenvalue weighted by molar-refractivity contribution is 8.02. The van der Waals surface area contributed by atoms with Gasteiger partial charge in [0.25, 0.3) is 0 Å². The summed E-state index contributed by atoms with van der Waals surface area (Å²) in [5, 5.41) is 0. The molecule has 2 aromatic heterocycles. The second-order valence-corrected chi connectivity index (χ2v) is 7.73. The van der Waals surface area contributed by atoms with Crippen molar-refractivity contribution in [3.63, 3.8) is 0 Å². The number of thiazole rings is 1. The van der Waals surface area contributed by atoms with Crippen LogP contribution in [0.4, 0.5) is 0 Å². The molecule has 0 aliphatic carbocycles. The molecule has 0 N–H and O–H groups in total. The highest BCUT2D eigenvalue weighted by Crippen LogP contribution is 2.36. The summed E-state index contributed by atoms with van der Waals surface area (Å²) in [4.78, 5) is 10.0. The van der Waals surface area contributed by atoms with E-state index >= 15 is 0 Å². The second-order valence-electron chi connectivity index (χ2n) is 4.45. The first-order valence-electron chi connectivity index (χ1n) is 4.89. The lowest BCUT2D eigenvalue weighted by Gasteiger charge is -2.14. The van der Waals surface area contributed by atoms with E-state index in [0.29, 0.717) is 0 Å². The van der Waals surface area contributed by atoms with Gasteiger partial charge in [0.2, 0.25) is 0 Å². The van der Waals surface area contributed by atoms with Crippen molar-refractivity contribution < 1.29 is 0 Å². The number of nitrogens with zero attached hydrogens (tertiary/aromatic N) is 3. The third-order valence-electron chi connectivity index (χ3n) is 1.91. The SMILES string of the molecule is Cc1nsc(Sc2ncc(C(C)(C)C)s2)n1. The van der Waals surface area contributed by atoms with Crippen LogP contribution >= 0.6 is 34.6 Å². The largest absolute Gasteiger partial charge is 0.237 e. The highest BCUT2D eigenvalue weighted by Gasteiger charge is 2.18. The Morgan fingerprint density at radius 1 is 1.25 bits per heavy atom. The average Bonchev–Trinajstić information content (AvgIpc) is 2.74. The molecule has 0 unspecified atom stereocenters. The summed E-state index contributed by atoms with van der Waals surface area (Å²) in [6.45, 7) is 8.50. The summed E-state index contributed by atoms with van der Waals surface area (Å²) in [6.07, 6.45) is 1.96. The van der Waals surface area contributed by atoms with Gasteiger partial charge in [-0.15, -0.1) is 11.3 Å². The maximum atomic E-state index is 4.41. The first kappa shape index (κ1) is 12.0. The van der Waals surface area contributed by atoms with Crippen LogP contribution in [0.15, 0.2) is 14.9 Å². The Kier molecular flexibility index (Phi) is 3.32. The molecule has 2 rings (SSSR count). The predicted molar refractivity (Wildman–Crippen MR) is 69.6 cm³/mol. The molecular formula is C10H13N3S3. The van der Waals surface area contributed by atoms with Crippen molar-refractivity contribution in [2.75, 3.05) is 0 Å². The van der Waals surface area contributed by atoms with Gasteiger partial charge in [0, 0.05) is 11.1 Å². The Hall–Kier alpha value is -0.460. The van der Waals surface area contributed by atoms with Crippen molar-refractivity contribution in [2.45, 2.75) is 41.8 Å². The van der Waals surface area contributed by atoms with Gasteiger partial charge < -0.3 is 0 Å². The summed E-state index contributed by atoms with van der Waals surface area (Å²) in [5.74, 6) is 0.833. The molecule has 3 nitrogen and oxygen atoms in total. The second kappa shape index (κ2) is 4.43. The molecule has 0 atom stereocenters. The van der Waals surface area contributed by atoms with Crippen LogP contribution in [0.25, 0.3) is 0 Å². The monoisotopic (exact) mass is 271 g/mol.